The van der Waals surface area contributed by atoms with Crippen molar-refractivity contribution in [1.29, 1.82) is 0 Å². The summed E-state index contributed by atoms with van der Waals surface area (Å²) in [6.45, 7) is 10.6. The molecule has 70 heavy (non-hydrogen) atoms. The van der Waals surface area contributed by atoms with Gasteiger partial charge in [-0.2, -0.15) is 4.98 Å². The molecule has 0 bridgehead atoms. The van der Waals surface area contributed by atoms with Crippen molar-refractivity contribution in [1.82, 2.24) is 39.4 Å². The van der Waals surface area contributed by atoms with E-state index >= 15 is 0 Å². The maximum Gasteiger partial charge on any atom is 0.283 e. The second kappa shape index (κ2) is 19.4. The lowest BCUT2D eigenvalue weighted by Crippen LogP contribution is -2.59. The normalized spacial score (nSPS) is 20.4. The molecule has 0 unspecified atom stereocenters. The lowest BCUT2D eigenvalue weighted by molar-refractivity contribution is -0.145. The average Bonchev–Trinajstić information content (AvgIpc) is 3.79. The van der Waals surface area contributed by atoms with E-state index in [-0.39, 0.29) is 37.9 Å². The summed E-state index contributed by atoms with van der Waals surface area (Å²) in [5.74, 6) is -0.000561. The maximum absolute atomic E-state index is 14.7. The highest BCUT2D eigenvalue weighted by Crippen LogP contribution is 2.41. The molecule has 4 fully saturated rings. The van der Waals surface area contributed by atoms with Crippen LogP contribution in [-0.4, -0.2) is 108 Å². The number of imidazole rings is 1. The number of aromatic nitrogens is 4. The molecule has 370 valence electrons. The first-order valence-corrected chi connectivity index (χ1v) is 26.5. The van der Waals surface area contributed by atoms with Gasteiger partial charge in [-0.1, -0.05) is 45.7 Å². The molecule has 2 saturated heterocycles. The van der Waals surface area contributed by atoms with E-state index in [1.807, 2.05) is 43.3 Å². The minimum Gasteiger partial charge on any atom is -0.493 e. The fourth-order valence-corrected chi connectivity index (χ4v) is 12.3. The quantitative estimate of drug-likeness (QED) is 0.0911. The number of amides is 3. The highest BCUT2D eigenvalue weighted by Gasteiger charge is 2.53. The fourth-order valence-electron chi connectivity index (χ4n) is 11.0. The predicted molar refractivity (Wildman–Crippen MR) is 273 cm³/mol. The Morgan fingerprint density at radius 1 is 1.01 bits per heavy atom. The molecule has 5 heterocycles. The number of carbonyl (C=O) groups excluding carboxylic acids is 3. The molecular weight excluding hydrogens is 976 g/mol. The molecule has 10 rings (SSSR count). The summed E-state index contributed by atoms with van der Waals surface area (Å²) in [7, 11) is 0. The molecule has 4 aliphatic rings. The van der Waals surface area contributed by atoms with Crippen LogP contribution in [0.3, 0.4) is 0 Å². The third-order valence-electron chi connectivity index (χ3n) is 15.1. The van der Waals surface area contributed by atoms with Crippen molar-refractivity contribution in [2.75, 3.05) is 32.8 Å². The number of likely N-dealkylation sites (tertiary alicyclic amines) is 2. The van der Waals surface area contributed by atoms with E-state index in [0.717, 1.165) is 100 Å². The number of nitrogens with zero attached hydrogens (tertiary/aromatic N) is 6. The second-order valence-electron chi connectivity index (χ2n) is 21.0. The predicted octanol–water partition coefficient (Wildman–Crippen LogP) is 8.37. The molecular formula is C53H62BrFN8O6S. The first-order valence-electron chi connectivity index (χ1n) is 24.9. The third-order valence-corrected chi connectivity index (χ3v) is 16.7. The fraction of sp³-hybridized carbons (Fsp3) is 0.509. The van der Waals surface area contributed by atoms with Gasteiger partial charge in [-0.05, 0) is 146 Å². The Morgan fingerprint density at radius 2 is 1.79 bits per heavy atom. The molecule has 14 nitrogen and oxygen atoms in total. The summed E-state index contributed by atoms with van der Waals surface area (Å²) in [5.41, 5.74) is 5.88. The summed E-state index contributed by atoms with van der Waals surface area (Å²) in [4.78, 5) is 68.2. The summed E-state index contributed by atoms with van der Waals surface area (Å²) in [6.07, 6.45) is 6.71. The van der Waals surface area contributed by atoms with Gasteiger partial charge in [-0.15, -0.1) is 11.3 Å². The van der Waals surface area contributed by atoms with Crippen LogP contribution in [0.1, 0.15) is 114 Å². The van der Waals surface area contributed by atoms with Crippen LogP contribution in [-0.2, 0) is 20.9 Å². The number of carbonyl (C=O) groups is 3. The smallest absolute Gasteiger partial charge is 0.283 e. The van der Waals surface area contributed by atoms with Gasteiger partial charge in [0.2, 0.25) is 17.6 Å². The van der Waals surface area contributed by atoms with Gasteiger partial charge in [0, 0.05) is 42.1 Å². The Morgan fingerprint density at radius 3 is 2.50 bits per heavy atom. The lowest BCUT2D eigenvalue weighted by atomic mass is 9.85. The van der Waals surface area contributed by atoms with E-state index in [1.165, 1.54) is 34.6 Å². The minimum atomic E-state index is -1.97. The number of halogens is 2. The van der Waals surface area contributed by atoms with Crippen molar-refractivity contribution in [3.8, 4) is 16.2 Å². The molecule has 6 aromatic rings. The number of aliphatic hydroxyl groups is 1. The number of thiazole rings is 1. The van der Waals surface area contributed by atoms with Crippen LogP contribution < -0.4 is 20.9 Å². The SMILES string of the molecule is Cc1ncsc1-c1ccc(OCCCN2CCC(c3ccc4c(c3)n(C3CCCC3)c3nc(=O)c5c(Br)cccc5n43)CC2)c(CNC(=O)[C@@H]2C[C@@H](O)CN2C(=O)[C@@H](NC(=O)C2(F)CC2)C(C)(C)C)c1. The Hall–Kier alpha value is -5.23. The van der Waals surface area contributed by atoms with E-state index in [0.29, 0.717) is 29.7 Å². The van der Waals surface area contributed by atoms with Crippen molar-refractivity contribution in [2.24, 2.45) is 5.41 Å². The van der Waals surface area contributed by atoms with E-state index in [1.54, 1.807) is 26.3 Å². The van der Waals surface area contributed by atoms with Crippen LogP contribution in [0.15, 0.2) is 69.4 Å². The van der Waals surface area contributed by atoms with E-state index in [9.17, 15) is 28.7 Å². The molecule has 3 aromatic heterocycles. The van der Waals surface area contributed by atoms with Crippen molar-refractivity contribution in [2.45, 2.75) is 134 Å². The van der Waals surface area contributed by atoms with Crippen molar-refractivity contribution >= 4 is 72.7 Å². The molecule has 3 amide bonds. The van der Waals surface area contributed by atoms with Gasteiger partial charge in [-0.25, -0.2) is 9.37 Å². The minimum absolute atomic E-state index is 0.0361. The molecule has 3 aromatic carbocycles. The average molecular weight is 1040 g/mol. The van der Waals surface area contributed by atoms with Gasteiger partial charge in [0.1, 0.15) is 17.8 Å². The van der Waals surface area contributed by atoms with E-state index in [4.69, 9.17) is 9.72 Å². The second-order valence-corrected chi connectivity index (χ2v) is 22.7. The van der Waals surface area contributed by atoms with Gasteiger partial charge >= 0.3 is 0 Å². The molecule has 3 atom stereocenters. The van der Waals surface area contributed by atoms with Crippen LogP contribution in [0.4, 0.5) is 4.39 Å². The van der Waals surface area contributed by atoms with Gasteiger partial charge in [0.25, 0.3) is 11.5 Å². The zero-order chi connectivity index (χ0) is 49.1. The maximum atomic E-state index is 14.7. The molecule has 0 spiro atoms. The van der Waals surface area contributed by atoms with Crippen molar-refractivity contribution in [3.05, 3.63) is 91.8 Å². The van der Waals surface area contributed by atoms with Gasteiger partial charge in [0.05, 0.1) is 50.7 Å². The number of fused-ring (bicyclic) bond motifs is 5. The number of alkyl halides is 1. The lowest BCUT2D eigenvalue weighted by Gasteiger charge is -2.35. The van der Waals surface area contributed by atoms with Crippen LogP contribution in [0.25, 0.3) is 38.2 Å². The number of ether oxygens (including phenoxy) is 1. The zero-order valence-corrected chi connectivity index (χ0v) is 42.7. The number of hydrogen-bond acceptors (Lipinski definition) is 10. The third kappa shape index (κ3) is 9.50. The molecule has 17 heteroatoms. The number of nitrogens with one attached hydrogen (secondary N) is 2. The monoisotopic (exact) mass is 1040 g/mol. The van der Waals surface area contributed by atoms with Crippen molar-refractivity contribution in [3.63, 3.8) is 0 Å². The van der Waals surface area contributed by atoms with Gasteiger partial charge < -0.3 is 34.8 Å². The zero-order valence-electron chi connectivity index (χ0n) is 40.3. The standard InChI is InChI=1S/C53H62BrFN8O6S/c1-31-45(70-30-57-31)34-14-16-43(35(25-34)28-56-47(65)42-27-37(64)29-61(42)49(67)46(52(2,3)4)58-50(68)53(55)19-20-53)69-24-8-21-60-22-17-32(18-23-60)33-13-15-39-41(26-33)62(36-9-5-6-10-36)51-59-48(66)44-38(54)11-7-12-40(44)63(39)51/h7,11-16,25-26,30,32,36-37,42,46,64H,5-6,8-10,17-24,27-29H2,1-4H3,(H,56,65)(H,58,68)/t37-,42+,46-/m1/s1. The highest BCUT2D eigenvalue weighted by molar-refractivity contribution is 9.10. The number of aryl methyl sites for hydroxylation is 1. The molecule has 0 radical (unpaired) electrons. The first-order chi connectivity index (χ1) is 33.6. The largest absolute Gasteiger partial charge is 0.493 e. The van der Waals surface area contributed by atoms with Crippen molar-refractivity contribution < 1.29 is 28.6 Å². The summed E-state index contributed by atoms with van der Waals surface area (Å²) < 4.78 is 26.5. The van der Waals surface area contributed by atoms with Crippen LogP contribution in [0, 0.1) is 12.3 Å². The molecule has 3 N–H and O–H groups in total. The highest BCUT2D eigenvalue weighted by atomic mass is 79.9. The Kier molecular flexibility index (Phi) is 13.4. The van der Waals surface area contributed by atoms with Gasteiger partial charge in [-0.3, -0.25) is 23.6 Å². The van der Waals surface area contributed by atoms with Crippen LogP contribution in [0.5, 0.6) is 5.75 Å². The van der Waals surface area contributed by atoms with E-state index in [2.05, 4.69) is 63.6 Å². The number of hydrogen-bond donors (Lipinski definition) is 3. The summed E-state index contributed by atoms with van der Waals surface area (Å²) in [5, 5.41) is 17.0. The van der Waals surface area contributed by atoms with E-state index < -0.39 is 47.0 Å². The number of aliphatic hydroxyl groups excluding tert-OH is 1. The first kappa shape index (κ1) is 48.4. The molecule has 2 aliphatic carbocycles. The Labute approximate surface area is 419 Å². The summed E-state index contributed by atoms with van der Waals surface area (Å²) >= 11 is 5.15. The number of piperidine rings is 1. The summed E-state index contributed by atoms with van der Waals surface area (Å²) in [6, 6.07) is 16.9. The van der Waals surface area contributed by atoms with Gasteiger partial charge in [0.15, 0.2) is 5.67 Å². The van der Waals surface area contributed by atoms with Crippen LogP contribution in [0.2, 0.25) is 0 Å². The molecule has 2 saturated carbocycles. The van der Waals surface area contributed by atoms with Crippen LogP contribution >= 0.6 is 27.3 Å². The topological polar surface area (TPSA) is 163 Å². The number of rotatable bonds is 14. The molecule has 2 aliphatic heterocycles. The Bertz CT molecular complexity index is 3040. The Balaban J connectivity index is 0.787. The number of β-amino-alcohol motifs (C(OH)–C–C–N with tert-alkyl or cyclic N) is 1. The number of benzene rings is 3.